The molecule has 1 rings (SSSR count). The molecule has 1 saturated heterocycles. The first-order valence-electron chi connectivity index (χ1n) is 5.76. The van der Waals surface area contributed by atoms with Crippen molar-refractivity contribution in [2.75, 3.05) is 0 Å². The SMILES string of the molecule is C=C1CC(C)C(=C)N1C(C)(C)C(C)(C)C. The van der Waals surface area contributed by atoms with Crippen LogP contribution in [0.25, 0.3) is 0 Å². The van der Waals surface area contributed by atoms with Crippen molar-refractivity contribution in [2.45, 2.75) is 53.5 Å². The first-order valence-corrected chi connectivity index (χ1v) is 5.76. The summed E-state index contributed by atoms with van der Waals surface area (Å²) in [6, 6.07) is 0. The highest BCUT2D eigenvalue weighted by Gasteiger charge is 2.43. The summed E-state index contributed by atoms with van der Waals surface area (Å²) < 4.78 is 0. The molecule has 0 aromatic rings. The van der Waals surface area contributed by atoms with E-state index in [1.54, 1.807) is 0 Å². The van der Waals surface area contributed by atoms with Crippen LogP contribution in [0.4, 0.5) is 0 Å². The topological polar surface area (TPSA) is 3.24 Å². The van der Waals surface area contributed by atoms with Gasteiger partial charge in [-0.05, 0) is 25.7 Å². The third kappa shape index (κ3) is 1.84. The van der Waals surface area contributed by atoms with E-state index in [9.17, 15) is 0 Å². The fourth-order valence-electron chi connectivity index (χ4n) is 2.08. The van der Waals surface area contributed by atoms with Crippen molar-refractivity contribution < 1.29 is 0 Å². The first kappa shape index (κ1) is 12.4. The van der Waals surface area contributed by atoms with E-state index in [0.29, 0.717) is 5.92 Å². The van der Waals surface area contributed by atoms with Crippen LogP contribution in [0.5, 0.6) is 0 Å². The Morgan fingerprint density at radius 2 is 1.60 bits per heavy atom. The van der Waals surface area contributed by atoms with Crippen molar-refractivity contribution in [3.05, 3.63) is 24.6 Å². The molecule has 1 atom stereocenters. The van der Waals surface area contributed by atoms with Gasteiger partial charge in [0.25, 0.3) is 0 Å². The summed E-state index contributed by atoms with van der Waals surface area (Å²) in [6.07, 6.45) is 1.05. The fourth-order valence-corrected chi connectivity index (χ4v) is 2.08. The molecule has 0 aromatic heterocycles. The molecule has 0 N–H and O–H groups in total. The fraction of sp³-hybridized carbons (Fsp3) is 0.714. The van der Waals surface area contributed by atoms with Gasteiger partial charge in [-0.25, -0.2) is 0 Å². The van der Waals surface area contributed by atoms with Crippen molar-refractivity contribution in [3.8, 4) is 0 Å². The van der Waals surface area contributed by atoms with Gasteiger partial charge in [0.2, 0.25) is 0 Å². The summed E-state index contributed by atoms with van der Waals surface area (Å²) in [5.41, 5.74) is 2.72. The summed E-state index contributed by atoms with van der Waals surface area (Å²) in [6.45, 7) is 22.0. The van der Waals surface area contributed by atoms with Crippen LogP contribution in [0.15, 0.2) is 24.6 Å². The van der Waals surface area contributed by atoms with Gasteiger partial charge in [-0.1, -0.05) is 40.9 Å². The van der Waals surface area contributed by atoms with Gasteiger partial charge in [0, 0.05) is 22.9 Å². The average molecular weight is 207 g/mol. The number of hydrogen-bond donors (Lipinski definition) is 0. The van der Waals surface area contributed by atoms with Crippen LogP contribution in [-0.2, 0) is 0 Å². The first-order chi connectivity index (χ1) is 6.59. The summed E-state index contributed by atoms with van der Waals surface area (Å²) in [7, 11) is 0. The minimum atomic E-state index is 0.0753. The quantitative estimate of drug-likeness (QED) is 0.623. The molecule has 86 valence electrons. The Bertz CT molecular complexity index is 291. The molecule has 1 heterocycles. The van der Waals surface area contributed by atoms with Crippen molar-refractivity contribution in [1.29, 1.82) is 0 Å². The van der Waals surface area contributed by atoms with Gasteiger partial charge >= 0.3 is 0 Å². The Kier molecular flexibility index (Phi) is 2.80. The number of nitrogens with zero attached hydrogens (tertiary/aromatic N) is 1. The predicted octanol–water partition coefficient (Wildman–Crippen LogP) is 4.18. The molecule has 15 heavy (non-hydrogen) atoms. The molecule has 0 aromatic carbocycles. The molecule has 1 aliphatic rings. The molecule has 1 aliphatic heterocycles. The zero-order valence-corrected chi connectivity index (χ0v) is 11.1. The van der Waals surface area contributed by atoms with Crippen molar-refractivity contribution in [2.24, 2.45) is 11.3 Å². The van der Waals surface area contributed by atoms with E-state index in [1.165, 1.54) is 11.4 Å². The standard InChI is InChI=1S/C14H25N/c1-10-9-11(2)15(12(10)3)14(7,8)13(4,5)6/h10H,2-3,9H2,1,4-8H3. The zero-order valence-electron chi connectivity index (χ0n) is 11.1. The van der Waals surface area contributed by atoms with Crippen molar-refractivity contribution in [3.63, 3.8) is 0 Å². The molecule has 1 unspecified atom stereocenters. The maximum atomic E-state index is 4.21. The zero-order chi connectivity index (χ0) is 12.0. The Hall–Kier alpha value is -0.720. The Morgan fingerprint density at radius 1 is 1.13 bits per heavy atom. The lowest BCUT2D eigenvalue weighted by Crippen LogP contribution is -2.49. The Labute approximate surface area is 94.9 Å². The number of allylic oxidation sites excluding steroid dienone is 2. The molecule has 1 heteroatoms. The minimum Gasteiger partial charge on any atom is -0.344 e. The highest BCUT2D eigenvalue weighted by Crippen LogP contribution is 2.46. The lowest BCUT2D eigenvalue weighted by atomic mass is 9.75. The second-order valence-corrected chi connectivity index (χ2v) is 6.31. The normalized spacial score (nSPS) is 23.9. The second kappa shape index (κ2) is 3.40. The monoisotopic (exact) mass is 207 g/mol. The molecule has 0 amide bonds. The van der Waals surface area contributed by atoms with Crippen LogP contribution < -0.4 is 0 Å². The molecule has 0 spiro atoms. The summed E-state index contributed by atoms with van der Waals surface area (Å²) in [4.78, 5) is 2.34. The largest absolute Gasteiger partial charge is 0.344 e. The van der Waals surface area contributed by atoms with Crippen LogP contribution in [0.1, 0.15) is 48.0 Å². The van der Waals surface area contributed by atoms with E-state index in [4.69, 9.17) is 0 Å². The molecular formula is C14H25N. The van der Waals surface area contributed by atoms with Crippen molar-refractivity contribution >= 4 is 0 Å². The van der Waals surface area contributed by atoms with E-state index in [2.05, 4.69) is 59.6 Å². The van der Waals surface area contributed by atoms with Gasteiger partial charge in [0.15, 0.2) is 0 Å². The maximum absolute atomic E-state index is 4.21. The van der Waals surface area contributed by atoms with E-state index in [-0.39, 0.29) is 11.0 Å². The number of hydrogen-bond acceptors (Lipinski definition) is 1. The minimum absolute atomic E-state index is 0.0753. The van der Waals surface area contributed by atoms with Gasteiger partial charge in [-0.2, -0.15) is 0 Å². The average Bonchev–Trinajstić information content (AvgIpc) is 2.24. The molecule has 1 nitrogen and oxygen atoms in total. The molecule has 0 bridgehead atoms. The maximum Gasteiger partial charge on any atom is 0.0436 e. The summed E-state index contributed by atoms with van der Waals surface area (Å²) >= 11 is 0. The van der Waals surface area contributed by atoms with Gasteiger partial charge < -0.3 is 4.90 Å². The van der Waals surface area contributed by atoms with E-state index in [0.717, 1.165) is 6.42 Å². The van der Waals surface area contributed by atoms with Crippen molar-refractivity contribution in [1.82, 2.24) is 4.90 Å². The van der Waals surface area contributed by atoms with Crippen LogP contribution in [0, 0.1) is 11.3 Å². The van der Waals surface area contributed by atoms with Gasteiger partial charge in [-0.3, -0.25) is 0 Å². The highest BCUT2D eigenvalue weighted by atomic mass is 15.2. The molecule has 0 saturated carbocycles. The number of likely N-dealkylation sites (tertiary alicyclic amines) is 1. The smallest absolute Gasteiger partial charge is 0.0436 e. The van der Waals surface area contributed by atoms with Gasteiger partial charge in [0.05, 0.1) is 0 Å². The van der Waals surface area contributed by atoms with Crippen LogP contribution in [0.2, 0.25) is 0 Å². The molecule has 0 radical (unpaired) electrons. The lowest BCUT2D eigenvalue weighted by molar-refractivity contribution is 0.0832. The van der Waals surface area contributed by atoms with E-state index < -0.39 is 0 Å². The third-order valence-corrected chi connectivity index (χ3v) is 4.11. The predicted molar refractivity (Wildman–Crippen MR) is 67.4 cm³/mol. The lowest BCUT2D eigenvalue weighted by Gasteiger charge is -2.48. The Morgan fingerprint density at radius 3 is 1.87 bits per heavy atom. The van der Waals surface area contributed by atoms with Crippen LogP contribution >= 0.6 is 0 Å². The molecule has 0 aliphatic carbocycles. The molecule has 1 fully saturated rings. The third-order valence-electron chi connectivity index (χ3n) is 4.11. The van der Waals surface area contributed by atoms with Gasteiger partial charge in [0.1, 0.15) is 0 Å². The van der Waals surface area contributed by atoms with E-state index >= 15 is 0 Å². The van der Waals surface area contributed by atoms with E-state index in [1.807, 2.05) is 0 Å². The van der Waals surface area contributed by atoms with Gasteiger partial charge in [-0.15, -0.1) is 0 Å². The molecular weight excluding hydrogens is 182 g/mol. The summed E-state index contributed by atoms with van der Waals surface area (Å²) in [5.74, 6) is 0.541. The second-order valence-electron chi connectivity index (χ2n) is 6.31. The van der Waals surface area contributed by atoms with Crippen LogP contribution in [-0.4, -0.2) is 10.4 Å². The number of rotatable bonds is 1. The highest BCUT2D eigenvalue weighted by molar-refractivity contribution is 5.24. The summed E-state index contributed by atoms with van der Waals surface area (Å²) in [5, 5.41) is 0. The van der Waals surface area contributed by atoms with Crippen LogP contribution in [0.3, 0.4) is 0 Å². The Balaban J connectivity index is 3.08.